The van der Waals surface area contributed by atoms with Gasteiger partial charge in [0.05, 0.1) is 16.7 Å². The van der Waals surface area contributed by atoms with Gasteiger partial charge in [0.1, 0.15) is 17.8 Å². The highest BCUT2D eigenvalue weighted by atomic mass is 32.2. The van der Waals surface area contributed by atoms with Crippen LogP contribution in [0.1, 0.15) is 39.5 Å². The van der Waals surface area contributed by atoms with E-state index in [-0.39, 0.29) is 18.0 Å². The quantitative estimate of drug-likeness (QED) is 0.714. The first-order valence-corrected chi connectivity index (χ1v) is 10.8. The van der Waals surface area contributed by atoms with E-state index in [0.717, 1.165) is 29.7 Å². The molecule has 0 bridgehead atoms. The highest BCUT2D eigenvalue weighted by Crippen LogP contribution is 2.32. The standard InChI is InChI=1S/C18H26N6O2S/c1-4-15(7-12(2)10-19)27(25,26)23-13-8-14(9-13)24(3)18-16-5-6-20-17(16)21-11-22-18/h5-6,11-15,23H,4,7-9H2,1-3H3,(H,20,21,22)/t12-,13?,14?,15-/m0/s1. The van der Waals surface area contributed by atoms with Gasteiger partial charge in [-0.15, -0.1) is 0 Å². The van der Waals surface area contributed by atoms with Gasteiger partial charge in [0, 0.05) is 31.2 Å². The van der Waals surface area contributed by atoms with Gasteiger partial charge < -0.3 is 9.88 Å². The van der Waals surface area contributed by atoms with Crippen LogP contribution in [0.15, 0.2) is 18.6 Å². The molecule has 2 heterocycles. The summed E-state index contributed by atoms with van der Waals surface area (Å²) >= 11 is 0. The normalized spacial score (nSPS) is 22.0. The second-order valence-corrected chi connectivity index (χ2v) is 9.32. The predicted octanol–water partition coefficient (Wildman–Crippen LogP) is 2.17. The SMILES string of the molecule is CC[C@@H](C[C@H](C)C#N)S(=O)(=O)NC1CC(N(C)c2ncnc3[nH]ccc23)C1. The van der Waals surface area contributed by atoms with Gasteiger partial charge in [0.2, 0.25) is 10.0 Å². The van der Waals surface area contributed by atoms with E-state index >= 15 is 0 Å². The van der Waals surface area contributed by atoms with E-state index in [1.165, 1.54) is 6.33 Å². The molecule has 8 nitrogen and oxygen atoms in total. The number of H-pyrrole nitrogens is 1. The Morgan fingerprint density at radius 3 is 2.85 bits per heavy atom. The number of nitriles is 1. The third kappa shape index (κ3) is 4.06. The minimum Gasteiger partial charge on any atom is -0.356 e. The maximum atomic E-state index is 12.6. The Morgan fingerprint density at radius 2 is 2.19 bits per heavy atom. The van der Waals surface area contributed by atoms with Crippen molar-refractivity contribution >= 4 is 26.9 Å². The van der Waals surface area contributed by atoms with Gasteiger partial charge in [-0.2, -0.15) is 5.26 Å². The molecule has 0 radical (unpaired) electrons. The van der Waals surface area contributed by atoms with E-state index in [1.807, 2.05) is 26.2 Å². The van der Waals surface area contributed by atoms with Gasteiger partial charge >= 0.3 is 0 Å². The molecule has 146 valence electrons. The molecular formula is C18H26N6O2S. The molecule has 1 aliphatic rings. The molecule has 1 aliphatic carbocycles. The van der Waals surface area contributed by atoms with Crippen LogP contribution in [0.3, 0.4) is 0 Å². The molecule has 1 fully saturated rings. The van der Waals surface area contributed by atoms with E-state index in [2.05, 4.69) is 30.6 Å². The molecule has 27 heavy (non-hydrogen) atoms. The number of fused-ring (bicyclic) bond motifs is 1. The average molecular weight is 391 g/mol. The topological polar surface area (TPSA) is 115 Å². The molecule has 0 amide bonds. The Bertz CT molecular complexity index is 929. The van der Waals surface area contributed by atoms with Crippen molar-refractivity contribution in [1.29, 1.82) is 5.26 Å². The van der Waals surface area contributed by atoms with E-state index in [1.54, 1.807) is 6.92 Å². The lowest BCUT2D eigenvalue weighted by Gasteiger charge is -2.42. The molecular weight excluding hydrogens is 364 g/mol. The van der Waals surface area contributed by atoms with Crippen molar-refractivity contribution in [1.82, 2.24) is 19.7 Å². The summed E-state index contributed by atoms with van der Waals surface area (Å²) in [4.78, 5) is 13.8. The van der Waals surface area contributed by atoms with E-state index in [4.69, 9.17) is 5.26 Å². The number of aromatic nitrogens is 3. The second-order valence-electron chi connectivity index (χ2n) is 7.33. The fraction of sp³-hybridized carbons (Fsp3) is 0.611. The first-order chi connectivity index (χ1) is 12.9. The monoisotopic (exact) mass is 390 g/mol. The highest BCUT2D eigenvalue weighted by Gasteiger charge is 2.37. The van der Waals surface area contributed by atoms with Crippen molar-refractivity contribution < 1.29 is 8.42 Å². The Balaban J connectivity index is 1.60. The third-order valence-corrected chi connectivity index (χ3v) is 7.46. The summed E-state index contributed by atoms with van der Waals surface area (Å²) in [7, 11) is -1.45. The molecule has 0 aliphatic heterocycles. The van der Waals surface area contributed by atoms with Crippen LogP contribution >= 0.6 is 0 Å². The summed E-state index contributed by atoms with van der Waals surface area (Å²) in [6.07, 6.45) is 5.70. The van der Waals surface area contributed by atoms with Crippen molar-refractivity contribution in [3.8, 4) is 6.07 Å². The lowest BCUT2D eigenvalue weighted by Crippen LogP contribution is -2.54. The molecule has 0 spiro atoms. The number of nitrogens with zero attached hydrogens (tertiary/aromatic N) is 4. The Hall–Kier alpha value is -2.18. The molecule has 0 aromatic carbocycles. The molecule has 2 N–H and O–H groups in total. The summed E-state index contributed by atoms with van der Waals surface area (Å²) < 4.78 is 28.1. The zero-order valence-corrected chi connectivity index (χ0v) is 16.7. The van der Waals surface area contributed by atoms with Crippen LogP contribution in [0, 0.1) is 17.2 Å². The van der Waals surface area contributed by atoms with Crippen LogP contribution < -0.4 is 9.62 Å². The van der Waals surface area contributed by atoms with Gasteiger partial charge in [-0.1, -0.05) is 6.92 Å². The molecule has 3 rings (SSSR count). The number of nitrogens with one attached hydrogen (secondary N) is 2. The van der Waals surface area contributed by atoms with E-state index < -0.39 is 15.3 Å². The van der Waals surface area contributed by atoms with Crippen LogP contribution in [0.25, 0.3) is 11.0 Å². The summed E-state index contributed by atoms with van der Waals surface area (Å²) in [5, 5.41) is 9.40. The first-order valence-electron chi connectivity index (χ1n) is 9.27. The van der Waals surface area contributed by atoms with Gasteiger partial charge in [-0.05, 0) is 38.7 Å². The Labute approximate surface area is 160 Å². The van der Waals surface area contributed by atoms with Crippen LogP contribution in [-0.2, 0) is 10.0 Å². The molecule has 1 saturated carbocycles. The van der Waals surface area contributed by atoms with Gasteiger partial charge in [0.25, 0.3) is 0 Å². The number of hydrogen-bond acceptors (Lipinski definition) is 6. The molecule has 2 atom stereocenters. The number of rotatable bonds is 8. The summed E-state index contributed by atoms with van der Waals surface area (Å²) in [6.45, 7) is 3.61. The fourth-order valence-corrected chi connectivity index (χ4v) is 5.43. The van der Waals surface area contributed by atoms with Crippen molar-refractivity contribution in [2.75, 3.05) is 11.9 Å². The fourth-order valence-electron chi connectivity index (χ4n) is 3.60. The largest absolute Gasteiger partial charge is 0.356 e. The number of sulfonamides is 1. The summed E-state index contributed by atoms with van der Waals surface area (Å²) in [5.74, 6) is 0.579. The van der Waals surface area contributed by atoms with Crippen LogP contribution in [0.4, 0.5) is 5.82 Å². The Morgan fingerprint density at radius 1 is 1.44 bits per heavy atom. The maximum Gasteiger partial charge on any atom is 0.214 e. The molecule has 0 unspecified atom stereocenters. The minimum absolute atomic E-state index is 0.0718. The molecule has 2 aromatic rings. The Kier molecular flexibility index (Phi) is 5.67. The zero-order chi connectivity index (χ0) is 19.6. The first kappa shape index (κ1) is 19.6. The summed E-state index contributed by atoms with van der Waals surface area (Å²) in [5.41, 5.74) is 0.792. The molecule has 9 heteroatoms. The third-order valence-electron chi connectivity index (χ3n) is 5.39. The summed E-state index contributed by atoms with van der Waals surface area (Å²) in [6, 6.07) is 4.22. The van der Waals surface area contributed by atoms with E-state index in [9.17, 15) is 8.42 Å². The number of anilines is 1. The van der Waals surface area contributed by atoms with E-state index in [0.29, 0.717) is 12.8 Å². The molecule has 0 saturated heterocycles. The van der Waals surface area contributed by atoms with Crippen LogP contribution in [0.5, 0.6) is 0 Å². The zero-order valence-electron chi connectivity index (χ0n) is 15.9. The highest BCUT2D eigenvalue weighted by molar-refractivity contribution is 7.90. The maximum absolute atomic E-state index is 12.6. The minimum atomic E-state index is -3.43. The van der Waals surface area contributed by atoms with Crippen molar-refractivity contribution in [2.24, 2.45) is 5.92 Å². The van der Waals surface area contributed by atoms with Crippen molar-refractivity contribution in [3.05, 3.63) is 18.6 Å². The number of hydrogen-bond donors (Lipinski definition) is 2. The smallest absolute Gasteiger partial charge is 0.214 e. The second kappa shape index (κ2) is 7.82. The predicted molar refractivity (Wildman–Crippen MR) is 105 cm³/mol. The lowest BCUT2D eigenvalue weighted by atomic mass is 9.86. The number of aromatic amines is 1. The van der Waals surface area contributed by atoms with Gasteiger partial charge in [-0.3, -0.25) is 0 Å². The van der Waals surface area contributed by atoms with Crippen molar-refractivity contribution in [2.45, 2.75) is 56.9 Å². The van der Waals surface area contributed by atoms with Crippen molar-refractivity contribution in [3.63, 3.8) is 0 Å². The van der Waals surface area contributed by atoms with Crippen LogP contribution in [0.2, 0.25) is 0 Å². The van der Waals surface area contributed by atoms with Gasteiger partial charge in [-0.25, -0.2) is 23.1 Å². The van der Waals surface area contributed by atoms with Crippen LogP contribution in [-0.4, -0.2) is 47.8 Å². The lowest BCUT2D eigenvalue weighted by molar-refractivity contribution is 0.314. The average Bonchev–Trinajstić information content (AvgIpc) is 3.10. The molecule has 2 aromatic heterocycles. The van der Waals surface area contributed by atoms with Gasteiger partial charge in [0.15, 0.2) is 0 Å².